The number of hydrogen-bond acceptors (Lipinski definition) is 6. The number of ether oxygens (including phenoxy) is 1. The second-order valence-electron chi connectivity index (χ2n) is 5.99. The average Bonchev–Trinajstić information content (AvgIpc) is 2.45. The summed E-state index contributed by atoms with van der Waals surface area (Å²) in [5, 5.41) is -0.0963. The summed E-state index contributed by atoms with van der Waals surface area (Å²) in [6, 6.07) is 1.42. The number of hydrogen-bond donors (Lipinski definition) is 1. The van der Waals surface area contributed by atoms with Crippen molar-refractivity contribution in [3.8, 4) is 0 Å². The van der Waals surface area contributed by atoms with Gasteiger partial charge in [0.2, 0.25) is 5.91 Å². The number of methoxy groups -OCH3 is 1. The van der Waals surface area contributed by atoms with E-state index < -0.39 is 11.2 Å². The molecule has 0 bridgehead atoms. The van der Waals surface area contributed by atoms with Crippen molar-refractivity contribution in [1.82, 2.24) is 14.9 Å². The van der Waals surface area contributed by atoms with E-state index in [2.05, 4.69) is 14.7 Å². The van der Waals surface area contributed by atoms with Crippen LogP contribution in [0, 0.1) is 0 Å². The number of rotatable bonds is 7. The summed E-state index contributed by atoms with van der Waals surface area (Å²) < 4.78 is 4.58. The highest BCUT2D eigenvalue weighted by molar-refractivity contribution is 8.00. The topological polar surface area (TPSA) is 92.4 Å². The summed E-state index contributed by atoms with van der Waals surface area (Å²) in [4.78, 5) is 44.3. The number of thioether (sulfide) groups is 1. The summed E-state index contributed by atoms with van der Waals surface area (Å²) in [7, 11) is 1.28. The van der Waals surface area contributed by atoms with Gasteiger partial charge in [-0.25, -0.2) is 4.98 Å². The number of amides is 1. The fourth-order valence-corrected chi connectivity index (χ4v) is 3.27. The summed E-state index contributed by atoms with van der Waals surface area (Å²) in [5.41, 5.74) is -0.0482. The van der Waals surface area contributed by atoms with Crippen LogP contribution < -0.4 is 5.56 Å². The molecule has 24 heavy (non-hydrogen) atoms. The normalized spacial score (nSPS) is 12.3. The Morgan fingerprint density at radius 2 is 1.83 bits per heavy atom. The van der Waals surface area contributed by atoms with Crippen LogP contribution in [-0.4, -0.2) is 51.2 Å². The first-order valence-corrected chi connectivity index (χ1v) is 8.69. The fraction of sp³-hybridized carbons (Fsp3) is 0.625. The van der Waals surface area contributed by atoms with Gasteiger partial charge in [-0.1, -0.05) is 11.8 Å². The number of nitrogens with one attached hydrogen (secondary N) is 1. The third-order valence-electron chi connectivity index (χ3n) is 3.33. The van der Waals surface area contributed by atoms with E-state index in [4.69, 9.17) is 0 Å². The highest BCUT2D eigenvalue weighted by Crippen LogP contribution is 2.22. The lowest BCUT2D eigenvalue weighted by molar-refractivity contribution is -0.140. The third kappa shape index (κ3) is 5.67. The zero-order valence-corrected chi connectivity index (χ0v) is 15.8. The molecule has 1 atom stereocenters. The molecule has 0 aliphatic heterocycles. The monoisotopic (exact) mass is 355 g/mol. The van der Waals surface area contributed by atoms with Gasteiger partial charge in [-0.3, -0.25) is 14.4 Å². The van der Waals surface area contributed by atoms with Crippen LogP contribution in [0.5, 0.6) is 0 Å². The van der Waals surface area contributed by atoms with E-state index in [0.29, 0.717) is 10.9 Å². The van der Waals surface area contributed by atoms with Gasteiger partial charge in [0.05, 0.1) is 24.5 Å². The van der Waals surface area contributed by atoms with Crippen molar-refractivity contribution in [2.24, 2.45) is 0 Å². The van der Waals surface area contributed by atoms with E-state index in [1.807, 2.05) is 27.7 Å². The van der Waals surface area contributed by atoms with E-state index in [1.54, 1.807) is 11.8 Å². The molecule has 1 amide bonds. The Balaban J connectivity index is 2.93. The van der Waals surface area contributed by atoms with Gasteiger partial charge in [0.1, 0.15) is 0 Å². The predicted molar refractivity (Wildman–Crippen MR) is 93.0 cm³/mol. The number of esters is 1. The van der Waals surface area contributed by atoms with E-state index in [9.17, 15) is 14.4 Å². The van der Waals surface area contributed by atoms with E-state index in [0.717, 1.165) is 0 Å². The molecule has 0 radical (unpaired) electrons. The molecule has 7 nitrogen and oxygen atoms in total. The smallest absolute Gasteiger partial charge is 0.311 e. The van der Waals surface area contributed by atoms with Crippen molar-refractivity contribution >= 4 is 23.6 Å². The van der Waals surface area contributed by atoms with Crippen LogP contribution in [0.2, 0.25) is 0 Å². The maximum absolute atomic E-state index is 12.6. The summed E-state index contributed by atoms with van der Waals surface area (Å²) in [6.07, 6.45) is -0.0829. The third-order valence-corrected chi connectivity index (χ3v) is 4.30. The molecular weight excluding hydrogens is 330 g/mol. The summed E-state index contributed by atoms with van der Waals surface area (Å²) in [5.74, 6) is -0.495. The zero-order chi connectivity index (χ0) is 18.4. The molecule has 0 fully saturated rings. The second-order valence-corrected chi connectivity index (χ2v) is 7.32. The molecule has 0 unspecified atom stereocenters. The lowest BCUT2D eigenvalue weighted by Crippen LogP contribution is -2.45. The Hall–Kier alpha value is -1.83. The molecule has 0 aromatic carbocycles. The number of carbonyl (C=O) groups excluding carboxylic acids is 2. The van der Waals surface area contributed by atoms with Crippen LogP contribution in [0.25, 0.3) is 0 Å². The van der Waals surface area contributed by atoms with Crippen LogP contribution in [0.1, 0.15) is 40.3 Å². The van der Waals surface area contributed by atoms with E-state index in [1.165, 1.54) is 24.9 Å². The first-order chi connectivity index (χ1) is 11.1. The van der Waals surface area contributed by atoms with Crippen LogP contribution in [0.4, 0.5) is 0 Å². The first kappa shape index (κ1) is 20.2. The molecule has 0 spiro atoms. The van der Waals surface area contributed by atoms with E-state index >= 15 is 0 Å². The van der Waals surface area contributed by atoms with Crippen molar-refractivity contribution < 1.29 is 14.3 Å². The maximum atomic E-state index is 12.6. The van der Waals surface area contributed by atoms with Gasteiger partial charge in [0.25, 0.3) is 5.56 Å². The van der Waals surface area contributed by atoms with Crippen molar-refractivity contribution in [2.45, 2.75) is 63.5 Å². The quantitative estimate of drug-likeness (QED) is 0.454. The zero-order valence-electron chi connectivity index (χ0n) is 15.0. The van der Waals surface area contributed by atoms with Gasteiger partial charge in [-0.2, -0.15) is 0 Å². The first-order valence-electron chi connectivity index (χ1n) is 7.81. The molecule has 1 heterocycles. The summed E-state index contributed by atoms with van der Waals surface area (Å²) >= 11 is 1.17. The van der Waals surface area contributed by atoms with Gasteiger partial charge in [-0.15, -0.1) is 0 Å². The molecule has 0 aliphatic rings. The van der Waals surface area contributed by atoms with Crippen molar-refractivity contribution in [3.63, 3.8) is 0 Å². The lowest BCUT2D eigenvalue weighted by atomic mass is 10.2. The SMILES string of the molecule is COC(=O)Cc1cc(=O)[nH]c(S[C@H](C)C(=O)N(C(C)C)C(C)C)n1. The number of H-pyrrole nitrogens is 1. The summed E-state index contributed by atoms with van der Waals surface area (Å²) in [6.45, 7) is 9.63. The van der Waals surface area contributed by atoms with Crippen molar-refractivity contribution in [2.75, 3.05) is 7.11 Å². The van der Waals surface area contributed by atoms with Gasteiger partial charge in [0.15, 0.2) is 5.16 Å². The van der Waals surface area contributed by atoms with Crippen LogP contribution in [0.3, 0.4) is 0 Å². The highest BCUT2D eigenvalue weighted by Gasteiger charge is 2.26. The molecule has 0 aliphatic carbocycles. The Morgan fingerprint density at radius 3 is 2.33 bits per heavy atom. The van der Waals surface area contributed by atoms with E-state index in [-0.39, 0.29) is 30.0 Å². The predicted octanol–water partition coefficient (Wildman–Crippen LogP) is 1.61. The van der Waals surface area contributed by atoms with Crippen LogP contribution >= 0.6 is 11.8 Å². The molecule has 0 saturated carbocycles. The standard InChI is InChI=1S/C16H25N3O4S/c1-9(2)19(10(3)4)15(22)11(5)24-16-17-12(7-13(20)18-16)8-14(21)23-6/h7,9-11H,8H2,1-6H3,(H,17,18,20)/t11-/m1/s1. The number of nitrogens with zero attached hydrogens (tertiary/aromatic N) is 2. The second kappa shape index (κ2) is 8.86. The number of aromatic nitrogens is 2. The fourth-order valence-electron chi connectivity index (χ4n) is 2.38. The van der Waals surface area contributed by atoms with Crippen molar-refractivity contribution in [1.29, 1.82) is 0 Å². The molecule has 1 aromatic rings. The highest BCUT2D eigenvalue weighted by atomic mass is 32.2. The average molecular weight is 355 g/mol. The molecule has 1 N–H and O–H groups in total. The minimum absolute atomic E-state index is 0.0222. The number of aromatic amines is 1. The lowest BCUT2D eigenvalue weighted by Gasteiger charge is -2.32. The Labute approximate surface area is 146 Å². The maximum Gasteiger partial charge on any atom is 0.311 e. The van der Waals surface area contributed by atoms with Gasteiger partial charge in [-0.05, 0) is 34.6 Å². The molecule has 8 heteroatoms. The van der Waals surface area contributed by atoms with Crippen LogP contribution in [0.15, 0.2) is 16.0 Å². The Kier molecular flexibility index (Phi) is 7.47. The Bertz CT molecular complexity index is 634. The van der Waals surface area contributed by atoms with Gasteiger partial charge >= 0.3 is 5.97 Å². The van der Waals surface area contributed by atoms with Gasteiger partial charge < -0.3 is 14.6 Å². The minimum atomic E-state index is -0.473. The Morgan fingerprint density at radius 1 is 1.25 bits per heavy atom. The molecular formula is C16H25N3O4S. The molecule has 1 rings (SSSR count). The molecule has 0 saturated heterocycles. The van der Waals surface area contributed by atoms with Crippen LogP contribution in [-0.2, 0) is 20.7 Å². The minimum Gasteiger partial charge on any atom is -0.469 e. The van der Waals surface area contributed by atoms with Crippen molar-refractivity contribution in [3.05, 3.63) is 22.1 Å². The van der Waals surface area contributed by atoms with Gasteiger partial charge in [0, 0.05) is 18.2 Å². The molecule has 134 valence electrons. The molecule has 1 aromatic heterocycles. The largest absolute Gasteiger partial charge is 0.469 e. The number of carbonyl (C=O) groups is 2.